The second-order valence-corrected chi connectivity index (χ2v) is 6.59. The number of piperidine rings is 1. The van der Waals surface area contributed by atoms with Crippen molar-refractivity contribution in [3.8, 4) is 0 Å². The average molecular weight is 342 g/mol. The number of nitrogens with zero attached hydrogens (tertiary/aromatic N) is 2. The van der Waals surface area contributed by atoms with Crippen molar-refractivity contribution >= 4 is 22.8 Å². The molecule has 2 aliphatic heterocycles. The number of urea groups is 1. The maximum absolute atomic E-state index is 13.0. The van der Waals surface area contributed by atoms with Crippen molar-refractivity contribution in [3.63, 3.8) is 0 Å². The molecule has 2 atom stereocenters. The molecule has 7 heteroatoms. The smallest absolute Gasteiger partial charge is 0.318 e. The van der Waals surface area contributed by atoms with Crippen molar-refractivity contribution in [2.75, 3.05) is 33.4 Å². The number of hydrogen-bond donors (Lipinski definition) is 2. The first kappa shape index (κ1) is 16.0. The van der Waals surface area contributed by atoms with E-state index in [2.05, 4.69) is 10.3 Å². The lowest BCUT2D eigenvalue weighted by Gasteiger charge is -2.36. The van der Waals surface area contributed by atoms with Crippen LogP contribution in [0.15, 0.2) is 30.5 Å². The third kappa shape index (κ3) is 2.74. The Bertz CT molecular complexity index is 802. The van der Waals surface area contributed by atoms with Crippen LogP contribution in [0.5, 0.6) is 0 Å². The van der Waals surface area contributed by atoms with Crippen molar-refractivity contribution in [2.24, 2.45) is 0 Å². The number of nitrogens with one attached hydrogen (secondary N) is 2. The molecule has 1 aromatic carbocycles. The van der Waals surface area contributed by atoms with Crippen molar-refractivity contribution in [2.45, 2.75) is 18.5 Å². The van der Waals surface area contributed by atoms with Gasteiger partial charge < -0.3 is 24.8 Å². The Morgan fingerprint density at radius 2 is 2.24 bits per heavy atom. The third-order valence-corrected chi connectivity index (χ3v) is 5.20. The summed E-state index contributed by atoms with van der Waals surface area (Å²) in [4.78, 5) is 32.0. The number of aromatic nitrogens is 1. The van der Waals surface area contributed by atoms with Gasteiger partial charge in [0.15, 0.2) is 0 Å². The highest BCUT2D eigenvalue weighted by atomic mass is 16.5. The average Bonchev–Trinajstić information content (AvgIpc) is 3.22. The summed E-state index contributed by atoms with van der Waals surface area (Å²) in [6.45, 7) is 2.30. The molecule has 2 N–H and O–H groups in total. The van der Waals surface area contributed by atoms with Crippen LogP contribution in [0, 0.1) is 0 Å². The van der Waals surface area contributed by atoms with Crippen molar-refractivity contribution in [3.05, 3.63) is 36.0 Å². The fraction of sp³-hybridized carbons (Fsp3) is 0.444. The summed E-state index contributed by atoms with van der Waals surface area (Å²) in [5.41, 5.74) is 1.67. The minimum absolute atomic E-state index is 0.0208. The number of methoxy groups -OCH3 is 1. The van der Waals surface area contributed by atoms with E-state index in [-0.39, 0.29) is 24.0 Å². The molecule has 0 bridgehead atoms. The number of carbonyl (C=O) groups excluding carboxylic acids is 2. The lowest BCUT2D eigenvalue weighted by Crippen LogP contribution is -2.53. The van der Waals surface area contributed by atoms with E-state index in [0.29, 0.717) is 31.8 Å². The number of H-pyrrole nitrogens is 1. The Hall–Kier alpha value is -2.54. The minimum Gasteiger partial charge on any atom is -0.383 e. The molecule has 2 fully saturated rings. The summed E-state index contributed by atoms with van der Waals surface area (Å²) >= 11 is 0. The number of carbonyl (C=O) groups is 2. The van der Waals surface area contributed by atoms with Gasteiger partial charge >= 0.3 is 6.03 Å². The summed E-state index contributed by atoms with van der Waals surface area (Å²) in [6.07, 6.45) is 2.63. The quantitative estimate of drug-likeness (QED) is 0.882. The van der Waals surface area contributed by atoms with Gasteiger partial charge in [-0.3, -0.25) is 4.79 Å². The van der Waals surface area contributed by atoms with Crippen molar-refractivity contribution in [1.29, 1.82) is 0 Å². The summed E-state index contributed by atoms with van der Waals surface area (Å²) in [7, 11) is 1.63. The van der Waals surface area contributed by atoms with Gasteiger partial charge in [-0.1, -0.05) is 6.07 Å². The molecule has 0 aliphatic carbocycles. The van der Waals surface area contributed by atoms with E-state index in [9.17, 15) is 9.59 Å². The molecule has 132 valence electrons. The molecular formula is C18H22N4O3. The molecule has 0 spiro atoms. The van der Waals surface area contributed by atoms with Gasteiger partial charge in [-0.05, 0) is 24.6 Å². The monoisotopic (exact) mass is 342 g/mol. The van der Waals surface area contributed by atoms with E-state index in [1.807, 2.05) is 40.3 Å². The van der Waals surface area contributed by atoms with E-state index in [4.69, 9.17) is 4.74 Å². The number of aromatic amines is 1. The molecule has 2 aromatic rings. The van der Waals surface area contributed by atoms with Gasteiger partial charge in [-0.15, -0.1) is 0 Å². The maximum Gasteiger partial charge on any atom is 0.318 e. The lowest BCUT2D eigenvalue weighted by molar-refractivity contribution is 0.0644. The molecule has 0 saturated carbocycles. The largest absolute Gasteiger partial charge is 0.383 e. The van der Waals surface area contributed by atoms with Crippen LogP contribution in [0.1, 0.15) is 16.8 Å². The fourth-order valence-electron chi connectivity index (χ4n) is 3.93. The van der Waals surface area contributed by atoms with Crippen LogP contribution < -0.4 is 5.32 Å². The second kappa shape index (κ2) is 6.40. The summed E-state index contributed by atoms with van der Waals surface area (Å²) in [5.74, 6) is 0.0215. The van der Waals surface area contributed by atoms with Gasteiger partial charge in [-0.25, -0.2) is 4.79 Å². The molecule has 7 nitrogen and oxygen atoms in total. The van der Waals surface area contributed by atoms with Crippen LogP contribution in [-0.2, 0) is 4.74 Å². The Morgan fingerprint density at radius 1 is 1.36 bits per heavy atom. The minimum atomic E-state index is -0.0610. The van der Waals surface area contributed by atoms with E-state index in [1.165, 1.54) is 0 Å². The zero-order valence-electron chi connectivity index (χ0n) is 14.2. The number of rotatable bonds is 4. The van der Waals surface area contributed by atoms with Gasteiger partial charge in [0.25, 0.3) is 5.91 Å². The SMILES string of the molecule is COCCN1C(=O)N[C@@H]2CN(C(=O)c3cccc4[nH]ccc34)CC[C@@H]21. The topological polar surface area (TPSA) is 77.7 Å². The van der Waals surface area contributed by atoms with Gasteiger partial charge in [-0.2, -0.15) is 0 Å². The van der Waals surface area contributed by atoms with E-state index in [1.54, 1.807) is 7.11 Å². The molecular weight excluding hydrogens is 320 g/mol. The van der Waals surface area contributed by atoms with Gasteiger partial charge in [0.2, 0.25) is 0 Å². The molecule has 25 heavy (non-hydrogen) atoms. The van der Waals surface area contributed by atoms with Crippen LogP contribution in [0.3, 0.4) is 0 Å². The number of likely N-dealkylation sites (tertiary alicyclic amines) is 1. The molecule has 3 amide bonds. The third-order valence-electron chi connectivity index (χ3n) is 5.20. The first-order valence-electron chi connectivity index (χ1n) is 8.60. The predicted molar refractivity (Wildman–Crippen MR) is 93.5 cm³/mol. The zero-order valence-corrected chi connectivity index (χ0v) is 14.2. The predicted octanol–water partition coefficient (Wildman–Crippen LogP) is 1.42. The highest BCUT2D eigenvalue weighted by Crippen LogP contribution is 2.25. The number of fused-ring (bicyclic) bond motifs is 2. The number of amides is 3. The fourth-order valence-corrected chi connectivity index (χ4v) is 3.93. The van der Waals surface area contributed by atoms with Crippen LogP contribution in [0.4, 0.5) is 4.79 Å². The summed E-state index contributed by atoms with van der Waals surface area (Å²) < 4.78 is 5.09. The Balaban J connectivity index is 1.50. The normalized spacial score (nSPS) is 23.0. The van der Waals surface area contributed by atoms with E-state index in [0.717, 1.165) is 17.3 Å². The van der Waals surface area contributed by atoms with Gasteiger partial charge in [0.1, 0.15) is 0 Å². The Kier molecular flexibility index (Phi) is 4.09. The summed E-state index contributed by atoms with van der Waals surface area (Å²) in [5, 5.41) is 3.95. The lowest BCUT2D eigenvalue weighted by atomic mass is 9.98. The molecule has 3 heterocycles. The van der Waals surface area contributed by atoms with E-state index < -0.39 is 0 Å². The Morgan fingerprint density at radius 3 is 3.08 bits per heavy atom. The first-order chi connectivity index (χ1) is 12.2. The highest BCUT2D eigenvalue weighted by Gasteiger charge is 2.43. The van der Waals surface area contributed by atoms with Gasteiger partial charge in [0.05, 0.1) is 18.7 Å². The zero-order chi connectivity index (χ0) is 17.4. The molecule has 4 rings (SSSR count). The first-order valence-corrected chi connectivity index (χ1v) is 8.60. The molecule has 2 aliphatic rings. The number of ether oxygens (including phenoxy) is 1. The standard InChI is InChI=1S/C18H22N4O3/c1-25-10-9-22-16-6-8-21(11-15(16)20-18(22)24)17(23)13-3-2-4-14-12(13)5-7-19-14/h2-5,7,15-16,19H,6,8-11H2,1H3,(H,20,24)/t15-,16+/m1/s1. The van der Waals surface area contributed by atoms with Crippen molar-refractivity contribution < 1.29 is 14.3 Å². The molecule has 0 radical (unpaired) electrons. The molecule has 1 aromatic heterocycles. The molecule has 0 unspecified atom stereocenters. The second-order valence-electron chi connectivity index (χ2n) is 6.59. The van der Waals surface area contributed by atoms with Crippen LogP contribution in [0.2, 0.25) is 0 Å². The van der Waals surface area contributed by atoms with E-state index >= 15 is 0 Å². The highest BCUT2D eigenvalue weighted by molar-refractivity contribution is 6.06. The van der Waals surface area contributed by atoms with Crippen LogP contribution in [-0.4, -0.2) is 72.2 Å². The van der Waals surface area contributed by atoms with Gasteiger partial charge in [0, 0.05) is 49.4 Å². The van der Waals surface area contributed by atoms with Crippen LogP contribution >= 0.6 is 0 Å². The van der Waals surface area contributed by atoms with Crippen LogP contribution in [0.25, 0.3) is 10.9 Å². The maximum atomic E-state index is 13.0. The Labute approximate surface area is 145 Å². The summed E-state index contributed by atoms with van der Waals surface area (Å²) in [6, 6.07) is 7.70. The number of hydrogen-bond acceptors (Lipinski definition) is 3. The molecule has 2 saturated heterocycles. The van der Waals surface area contributed by atoms with Crippen molar-refractivity contribution in [1.82, 2.24) is 20.1 Å². The number of benzene rings is 1.